The van der Waals surface area contributed by atoms with E-state index >= 15 is 0 Å². The van der Waals surface area contributed by atoms with Crippen molar-refractivity contribution >= 4 is 21.8 Å². The zero-order valence-electron chi connectivity index (χ0n) is 15.9. The van der Waals surface area contributed by atoms with Crippen molar-refractivity contribution in [2.24, 2.45) is 0 Å². The Hall–Kier alpha value is -1.98. The van der Waals surface area contributed by atoms with Crippen LogP contribution in [0.4, 0.5) is 13.2 Å². The van der Waals surface area contributed by atoms with Crippen LogP contribution in [0.25, 0.3) is 11.3 Å². The molecular weight excluding hydrogens is 455 g/mol. The SMILES string of the molecule is CC(C)(c1ncc(-c2cncc(Br)c2)o1)N1CCN[C@H](C(=O)NCC(F)(F)F)C1. The average molecular weight is 476 g/mol. The lowest BCUT2D eigenvalue weighted by molar-refractivity contribution is -0.140. The van der Waals surface area contributed by atoms with Gasteiger partial charge in [0.1, 0.15) is 6.54 Å². The van der Waals surface area contributed by atoms with Gasteiger partial charge in [0.05, 0.1) is 17.8 Å². The third-order valence-corrected chi connectivity index (χ3v) is 5.20. The van der Waals surface area contributed by atoms with Gasteiger partial charge in [-0.15, -0.1) is 0 Å². The molecular formula is C18H21BrF3N5O2. The first-order chi connectivity index (χ1) is 13.6. The number of carbonyl (C=O) groups excluding carboxylic acids is 1. The van der Waals surface area contributed by atoms with Crippen molar-refractivity contribution in [1.29, 1.82) is 0 Å². The fourth-order valence-electron chi connectivity index (χ4n) is 3.12. The molecule has 0 spiro atoms. The van der Waals surface area contributed by atoms with Crippen LogP contribution in [0, 0.1) is 0 Å². The molecule has 1 saturated heterocycles. The zero-order valence-corrected chi connectivity index (χ0v) is 17.5. The Morgan fingerprint density at radius 3 is 2.83 bits per heavy atom. The van der Waals surface area contributed by atoms with Gasteiger partial charge < -0.3 is 15.1 Å². The van der Waals surface area contributed by atoms with Crippen LogP contribution in [0.1, 0.15) is 19.7 Å². The number of rotatable bonds is 5. The summed E-state index contributed by atoms with van der Waals surface area (Å²) in [5.41, 5.74) is 0.0983. The fourth-order valence-corrected chi connectivity index (χ4v) is 3.48. The zero-order chi connectivity index (χ0) is 21.2. The molecule has 3 heterocycles. The number of aromatic nitrogens is 2. The first kappa shape index (κ1) is 21.7. The van der Waals surface area contributed by atoms with E-state index in [0.29, 0.717) is 24.7 Å². The van der Waals surface area contributed by atoms with Gasteiger partial charge in [-0.2, -0.15) is 13.2 Å². The first-order valence-corrected chi connectivity index (χ1v) is 9.76. The molecule has 0 unspecified atom stereocenters. The number of nitrogens with zero attached hydrogens (tertiary/aromatic N) is 3. The lowest BCUT2D eigenvalue weighted by Crippen LogP contribution is -2.61. The fraction of sp³-hybridized carbons (Fsp3) is 0.500. The molecule has 7 nitrogen and oxygen atoms in total. The quantitative estimate of drug-likeness (QED) is 0.691. The first-order valence-electron chi connectivity index (χ1n) is 8.96. The van der Waals surface area contributed by atoms with E-state index in [0.717, 1.165) is 10.0 Å². The summed E-state index contributed by atoms with van der Waals surface area (Å²) in [5, 5.41) is 4.89. The van der Waals surface area contributed by atoms with Crippen molar-refractivity contribution in [3.8, 4) is 11.3 Å². The Labute approximate surface area is 174 Å². The summed E-state index contributed by atoms with van der Waals surface area (Å²) in [6.45, 7) is 3.72. The Kier molecular flexibility index (Phi) is 6.30. The van der Waals surface area contributed by atoms with E-state index in [-0.39, 0.29) is 6.54 Å². The third-order valence-electron chi connectivity index (χ3n) is 4.76. The van der Waals surface area contributed by atoms with Gasteiger partial charge in [-0.3, -0.25) is 14.7 Å². The van der Waals surface area contributed by atoms with E-state index in [4.69, 9.17) is 4.42 Å². The van der Waals surface area contributed by atoms with Gasteiger partial charge in [-0.1, -0.05) is 0 Å². The number of hydrogen-bond donors (Lipinski definition) is 2. The van der Waals surface area contributed by atoms with Crippen molar-refractivity contribution in [1.82, 2.24) is 25.5 Å². The maximum atomic E-state index is 12.4. The van der Waals surface area contributed by atoms with Crippen LogP contribution in [0.15, 0.2) is 33.5 Å². The summed E-state index contributed by atoms with van der Waals surface area (Å²) in [7, 11) is 0. The Morgan fingerprint density at radius 1 is 1.38 bits per heavy atom. The van der Waals surface area contributed by atoms with Gasteiger partial charge in [0, 0.05) is 42.1 Å². The summed E-state index contributed by atoms with van der Waals surface area (Å²) in [4.78, 5) is 22.6. The van der Waals surface area contributed by atoms with Crippen molar-refractivity contribution in [3.63, 3.8) is 0 Å². The molecule has 1 fully saturated rings. The standard InChI is InChI=1S/C18H21BrF3N5O2/c1-17(2,16-25-8-14(29-16)11-5-12(19)7-23-6-11)27-4-3-24-13(9-27)15(28)26-10-18(20,21)22/h5-8,13,24H,3-4,9-10H2,1-2H3,(H,26,28)/t13-/m0/s1. The van der Waals surface area contributed by atoms with Crippen LogP contribution >= 0.6 is 15.9 Å². The molecule has 0 aromatic carbocycles. The molecule has 2 N–H and O–H groups in total. The molecule has 1 atom stereocenters. The van der Waals surface area contributed by atoms with Crippen LogP contribution in [-0.4, -0.2) is 59.2 Å². The molecule has 1 amide bonds. The Balaban J connectivity index is 1.71. The maximum absolute atomic E-state index is 12.4. The third kappa shape index (κ3) is 5.34. The maximum Gasteiger partial charge on any atom is 0.405 e. The van der Waals surface area contributed by atoms with Gasteiger partial charge in [0.25, 0.3) is 0 Å². The predicted molar refractivity (Wildman–Crippen MR) is 103 cm³/mol. The highest BCUT2D eigenvalue weighted by atomic mass is 79.9. The van der Waals surface area contributed by atoms with E-state index < -0.39 is 30.2 Å². The predicted octanol–water partition coefficient (Wildman–Crippen LogP) is 2.69. The van der Waals surface area contributed by atoms with E-state index in [2.05, 4.69) is 31.2 Å². The molecule has 0 bridgehead atoms. The second-order valence-electron chi connectivity index (χ2n) is 7.27. The van der Waals surface area contributed by atoms with Gasteiger partial charge in [-0.05, 0) is 35.8 Å². The second-order valence-corrected chi connectivity index (χ2v) is 8.18. The van der Waals surface area contributed by atoms with Crippen molar-refractivity contribution in [2.45, 2.75) is 31.6 Å². The molecule has 0 radical (unpaired) electrons. The number of halogens is 4. The van der Waals surface area contributed by atoms with Crippen LogP contribution in [0.2, 0.25) is 0 Å². The van der Waals surface area contributed by atoms with Crippen LogP contribution in [0.3, 0.4) is 0 Å². The number of oxazole rings is 1. The molecule has 158 valence electrons. The van der Waals surface area contributed by atoms with Gasteiger partial charge in [-0.25, -0.2) is 4.98 Å². The number of alkyl halides is 3. The lowest BCUT2D eigenvalue weighted by atomic mass is 10.00. The minimum Gasteiger partial charge on any atom is -0.439 e. The van der Waals surface area contributed by atoms with E-state index in [1.165, 1.54) is 0 Å². The Morgan fingerprint density at radius 2 is 2.14 bits per heavy atom. The number of carbonyl (C=O) groups is 1. The average Bonchev–Trinajstić information content (AvgIpc) is 3.17. The summed E-state index contributed by atoms with van der Waals surface area (Å²) in [5.74, 6) is 0.316. The highest BCUT2D eigenvalue weighted by Gasteiger charge is 2.39. The number of nitrogens with one attached hydrogen (secondary N) is 2. The minimum atomic E-state index is -4.45. The molecule has 29 heavy (non-hydrogen) atoms. The van der Waals surface area contributed by atoms with Crippen LogP contribution in [-0.2, 0) is 10.3 Å². The Bertz CT molecular complexity index is 871. The van der Waals surface area contributed by atoms with Crippen molar-refractivity contribution in [3.05, 3.63) is 35.0 Å². The number of amides is 1. The second kappa shape index (κ2) is 8.41. The van der Waals surface area contributed by atoms with E-state index in [1.54, 1.807) is 18.6 Å². The monoisotopic (exact) mass is 475 g/mol. The summed E-state index contributed by atoms with van der Waals surface area (Å²) >= 11 is 3.37. The minimum absolute atomic E-state index is 0.229. The van der Waals surface area contributed by atoms with Gasteiger partial charge in [0.2, 0.25) is 11.8 Å². The molecule has 2 aromatic heterocycles. The number of piperazine rings is 1. The molecule has 3 rings (SSSR count). The molecule has 1 aliphatic heterocycles. The normalized spacial score (nSPS) is 18.6. The molecule has 0 saturated carbocycles. The summed E-state index contributed by atoms with van der Waals surface area (Å²) in [6, 6.07) is 1.10. The topological polar surface area (TPSA) is 83.3 Å². The van der Waals surface area contributed by atoms with Gasteiger partial charge in [0.15, 0.2) is 5.76 Å². The number of hydrogen-bond acceptors (Lipinski definition) is 6. The molecule has 11 heteroatoms. The van der Waals surface area contributed by atoms with Crippen molar-refractivity contribution in [2.75, 3.05) is 26.2 Å². The summed E-state index contributed by atoms with van der Waals surface area (Å²) < 4.78 is 43.8. The lowest BCUT2D eigenvalue weighted by Gasteiger charge is -2.41. The highest BCUT2D eigenvalue weighted by Crippen LogP contribution is 2.31. The van der Waals surface area contributed by atoms with Gasteiger partial charge >= 0.3 is 6.18 Å². The summed E-state index contributed by atoms with van der Waals surface area (Å²) in [6.07, 6.45) is 0.485. The van der Waals surface area contributed by atoms with Crippen LogP contribution in [0.5, 0.6) is 0 Å². The highest BCUT2D eigenvalue weighted by molar-refractivity contribution is 9.10. The van der Waals surface area contributed by atoms with E-state index in [1.807, 2.05) is 30.1 Å². The molecule has 0 aliphatic carbocycles. The molecule has 2 aromatic rings. The smallest absolute Gasteiger partial charge is 0.405 e. The largest absolute Gasteiger partial charge is 0.439 e. The number of pyridine rings is 1. The van der Waals surface area contributed by atoms with Crippen molar-refractivity contribution < 1.29 is 22.4 Å². The van der Waals surface area contributed by atoms with Crippen LogP contribution < -0.4 is 10.6 Å². The molecule has 1 aliphatic rings. The van der Waals surface area contributed by atoms with E-state index in [9.17, 15) is 18.0 Å².